The highest BCUT2D eigenvalue weighted by Gasteiger charge is 2.40. The number of hydrogen-bond acceptors (Lipinski definition) is 4. The van der Waals surface area contributed by atoms with Crippen molar-refractivity contribution in [2.24, 2.45) is 0 Å². The Morgan fingerprint density at radius 1 is 1.14 bits per heavy atom. The molecule has 0 aliphatic carbocycles. The molecule has 2 heterocycles. The first-order chi connectivity index (χ1) is 13.8. The van der Waals surface area contributed by atoms with E-state index in [9.17, 15) is 18.0 Å². The average Bonchev–Trinajstić information content (AvgIpc) is 2.99. The molecule has 0 saturated carbocycles. The standard InChI is InChI=1S/C20H22ClN3O4S/c1-13(19(25)23-8-2-9-23)24-10-7-18(20(24)26)22-29(27,28)17-6-4-14-11-16(21)5-3-15(14)12-17/h3-6,11-13,18,22H,2,7-10H2,1H3/t13-,18-/m0/s1. The molecule has 0 aromatic heterocycles. The van der Waals surface area contributed by atoms with E-state index >= 15 is 0 Å². The van der Waals surface area contributed by atoms with Crippen molar-refractivity contribution in [3.8, 4) is 0 Å². The summed E-state index contributed by atoms with van der Waals surface area (Å²) < 4.78 is 28.2. The lowest BCUT2D eigenvalue weighted by molar-refractivity contribution is -0.145. The number of carbonyl (C=O) groups excluding carboxylic acids is 2. The van der Waals surface area contributed by atoms with Crippen molar-refractivity contribution in [1.82, 2.24) is 14.5 Å². The van der Waals surface area contributed by atoms with Crippen LogP contribution in [0.5, 0.6) is 0 Å². The van der Waals surface area contributed by atoms with Crippen LogP contribution in [0.15, 0.2) is 41.3 Å². The smallest absolute Gasteiger partial charge is 0.245 e. The van der Waals surface area contributed by atoms with Gasteiger partial charge in [-0.1, -0.05) is 23.7 Å². The predicted octanol–water partition coefficient (Wildman–Crippen LogP) is 1.99. The largest absolute Gasteiger partial charge is 0.341 e. The molecule has 2 aromatic rings. The van der Waals surface area contributed by atoms with Crippen molar-refractivity contribution in [2.75, 3.05) is 19.6 Å². The highest BCUT2D eigenvalue weighted by molar-refractivity contribution is 7.89. The fraction of sp³-hybridized carbons (Fsp3) is 0.400. The normalized spacial score (nSPS) is 20.8. The molecule has 9 heteroatoms. The summed E-state index contributed by atoms with van der Waals surface area (Å²) in [5, 5.41) is 2.15. The monoisotopic (exact) mass is 435 g/mol. The number of rotatable bonds is 5. The molecule has 2 saturated heterocycles. The fourth-order valence-corrected chi connectivity index (χ4v) is 5.19. The maximum Gasteiger partial charge on any atom is 0.245 e. The second kappa shape index (κ2) is 7.59. The Kier molecular flexibility index (Phi) is 5.27. The second-order valence-corrected chi connectivity index (χ2v) is 9.65. The molecule has 29 heavy (non-hydrogen) atoms. The lowest BCUT2D eigenvalue weighted by Crippen LogP contribution is -2.53. The van der Waals surface area contributed by atoms with Crippen LogP contribution in [0.2, 0.25) is 5.02 Å². The lowest BCUT2D eigenvalue weighted by atomic mass is 10.1. The quantitative estimate of drug-likeness (QED) is 0.778. The zero-order valence-corrected chi connectivity index (χ0v) is 17.5. The molecule has 2 amide bonds. The van der Waals surface area contributed by atoms with E-state index in [-0.39, 0.29) is 16.7 Å². The average molecular weight is 436 g/mol. The summed E-state index contributed by atoms with van der Waals surface area (Å²) in [7, 11) is -3.88. The number of amides is 2. The van der Waals surface area contributed by atoms with Crippen molar-refractivity contribution in [1.29, 1.82) is 0 Å². The van der Waals surface area contributed by atoms with Crippen molar-refractivity contribution in [2.45, 2.75) is 36.7 Å². The highest BCUT2D eigenvalue weighted by Crippen LogP contribution is 2.24. The third-order valence-electron chi connectivity index (χ3n) is 5.61. The Morgan fingerprint density at radius 2 is 1.83 bits per heavy atom. The van der Waals surface area contributed by atoms with Gasteiger partial charge in [-0.2, -0.15) is 4.72 Å². The number of nitrogens with one attached hydrogen (secondary N) is 1. The number of halogens is 1. The minimum absolute atomic E-state index is 0.0821. The minimum Gasteiger partial charge on any atom is -0.341 e. The number of hydrogen-bond donors (Lipinski definition) is 1. The van der Waals surface area contributed by atoms with E-state index < -0.39 is 22.1 Å². The molecular weight excluding hydrogens is 414 g/mol. The molecule has 7 nitrogen and oxygen atoms in total. The molecule has 2 aromatic carbocycles. The number of carbonyl (C=O) groups is 2. The molecule has 1 N–H and O–H groups in total. The number of fused-ring (bicyclic) bond motifs is 1. The first-order valence-electron chi connectivity index (χ1n) is 9.57. The van der Waals surface area contributed by atoms with Crippen molar-refractivity contribution < 1.29 is 18.0 Å². The third-order valence-corrected chi connectivity index (χ3v) is 7.32. The van der Waals surface area contributed by atoms with E-state index in [0.29, 0.717) is 31.1 Å². The summed E-state index contributed by atoms with van der Waals surface area (Å²) in [4.78, 5) is 28.4. The maximum absolute atomic E-state index is 12.8. The maximum atomic E-state index is 12.8. The first kappa shape index (κ1) is 20.1. The number of nitrogens with zero attached hydrogens (tertiary/aromatic N) is 2. The van der Waals surface area contributed by atoms with Gasteiger partial charge in [-0.05, 0) is 54.8 Å². The molecule has 0 spiro atoms. The van der Waals surface area contributed by atoms with Crippen molar-refractivity contribution in [3.05, 3.63) is 41.4 Å². The van der Waals surface area contributed by atoms with E-state index in [0.717, 1.165) is 17.2 Å². The van der Waals surface area contributed by atoms with Crippen molar-refractivity contribution >= 4 is 44.2 Å². The molecule has 0 bridgehead atoms. The van der Waals surface area contributed by atoms with Crippen LogP contribution in [-0.2, 0) is 19.6 Å². The first-order valence-corrected chi connectivity index (χ1v) is 11.4. The Bertz CT molecular complexity index is 1080. The fourth-order valence-electron chi connectivity index (χ4n) is 3.75. The Labute approximate surface area is 174 Å². The number of benzene rings is 2. The van der Waals surface area contributed by atoms with Gasteiger partial charge in [0.1, 0.15) is 12.1 Å². The molecule has 2 aliphatic rings. The highest BCUT2D eigenvalue weighted by atomic mass is 35.5. The van der Waals surface area contributed by atoms with Gasteiger partial charge in [0.25, 0.3) is 0 Å². The summed E-state index contributed by atoms with van der Waals surface area (Å²) in [5.41, 5.74) is 0. The van der Waals surface area contributed by atoms with Crippen LogP contribution in [0.4, 0.5) is 0 Å². The van der Waals surface area contributed by atoms with Gasteiger partial charge in [-0.3, -0.25) is 9.59 Å². The van der Waals surface area contributed by atoms with Crippen LogP contribution in [-0.4, -0.2) is 61.7 Å². The van der Waals surface area contributed by atoms with Crippen molar-refractivity contribution in [3.63, 3.8) is 0 Å². The Morgan fingerprint density at radius 3 is 2.52 bits per heavy atom. The molecule has 0 unspecified atom stereocenters. The van der Waals surface area contributed by atoms with Gasteiger partial charge in [-0.15, -0.1) is 0 Å². The van der Waals surface area contributed by atoms with Crippen LogP contribution < -0.4 is 4.72 Å². The van der Waals surface area contributed by atoms with Gasteiger partial charge in [0.15, 0.2) is 0 Å². The van der Waals surface area contributed by atoms with Gasteiger partial charge >= 0.3 is 0 Å². The van der Waals surface area contributed by atoms with Crippen LogP contribution in [0.1, 0.15) is 19.8 Å². The van der Waals surface area contributed by atoms with Gasteiger partial charge < -0.3 is 9.80 Å². The summed E-state index contributed by atoms with van der Waals surface area (Å²) in [5.74, 6) is -0.441. The lowest BCUT2D eigenvalue weighted by Gasteiger charge is -2.35. The minimum atomic E-state index is -3.88. The molecule has 0 radical (unpaired) electrons. The third kappa shape index (κ3) is 3.84. The van der Waals surface area contributed by atoms with E-state index in [1.165, 1.54) is 11.0 Å². The molecule has 2 atom stereocenters. The van der Waals surface area contributed by atoms with Crippen LogP contribution >= 0.6 is 11.6 Å². The Hall–Kier alpha value is -2.16. The summed E-state index contributed by atoms with van der Waals surface area (Å²) in [6, 6.07) is 8.50. The Balaban J connectivity index is 1.49. The van der Waals surface area contributed by atoms with E-state index in [1.807, 2.05) is 0 Å². The summed E-state index contributed by atoms with van der Waals surface area (Å²) >= 11 is 5.97. The molecule has 4 rings (SSSR count). The van der Waals surface area contributed by atoms with E-state index in [4.69, 9.17) is 11.6 Å². The summed E-state index contributed by atoms with van der Waals surface area (Å²) in [6.07, 6.45) is 1.31. The van der Waals surface area contributed by atoms with Crippen LogP contribution in [0.25, 0.3) is 10.8 Å². The molecule has 154 valence electrons. The van der Waals surface area contributed by atoms with Crippen LogP contribution in [0, 0.1) is 0 Å². The van der Waals surface area contributed by atoms with Crippen LogP contribution in [0.3, 0.4) is 0 Å². The van der Waals surface area contributed by atoms with E-state index in [2.05, 4.69) is 4.72 Å². The van der Waals surface area contributed by atoms with Gasteiger partial charge in [0.05, 0.1) is 4.90 Å². The SMILES string of the molecule is C[C@@H](C(=O)N1CCC1)N1CC[C@H](NS(=O)(=O)c2ccc3cc(Cl)ccc3c2)C1=O. The second-order valence-electron chi connectivity index (χ2n) is 7.50. The van der Waals surface area contributed by atoms with Gasteiger partial charge in [0.2, 0.25) is 21.8 Å². The topological polar surface area (TPSA) is 86.8 Å². The van der Waals surface area contributed by atoms with Gasteiger partial charge in [0, 0.05) is 24.7 Å². The zero-order chi connectivity index (χ0) is 20.8. The summed E-state index contributed by atoms with van der Waals surface area (Å²) in [6.45, 7) is 3.48. The number of likely N-dealkylation sites (tertiary alicyclic amines) is 2. The molecular formula is C20H22ClN3O4S. The number of sulfonamides is 1. The molecule has 2 fully saturated rings. The molecule has 2 aliphatic heterocycles. The van der Waals surface area contributed by atoms with Gasteiger partial charge in [-0.25, -0.2) is 8.42 Å². The van der Waals surface area contributed by atoms with E-state index in [1.54, 1.807) is 42.2 Å². The predicted molar refractivity (Wildman–Crippen MR) is 110 cm³/mol. The zero-order valence-electron chi connectivity index (χ0n) is 16.0.